The van der Waals surface area contributed by atoms with Gasteiger partial charge < -0.3 is 35.0 Å². The lowest BCUT2D eigenvalue weighted by molar-refractivity contribution is -0.165. The van der Waals surface area contributed by atoms with E-state index in [4.69, 9.17) is 19.4 Å². The molecule has 6 rings (SSSR count). The second kappa shape index (κ2) is 15.6. The Morgan fingerprint density at radius 1 is 0.915 bits per heavy atom. The number of aryl methyl sites for hydroxylation is 5. The van der Waals surface area contributed by atoms with Gasteiger partial charge >= 0.3 is 11.9 Å². The minimum Gasteiger partial charge on any atom is -0.460 e. The molecule has 3 aromatic rings. The Morgan fingerprint density at radius 3 is 2.15 bits per heavy atom. The summed E-state index contributed by atoms with van der Waals surface area (Å²) in [6, 6.07) is 2.34. The molecule has 0 saturated carbocycles. The molecule has 1 amide bonds. The molecule has 0 saturated heterocycles. The van der Waals surface area contributed by atoms with Gasteiger partial charge in [0.15, 0.2) is 6.29 Å². The Hall–Kier alpha value is -4.88. The molecule has 5 heterocycles. The number of aliphatic hydroxyl groups is 2. The number of hydrogen-bond acceptors (Lipinski definition) is 10. The van der Waals surface area contributed by atoms with Gasteiger partial charge in [-0.05, 0) is 134 Å². The number of aromatic amines is 2. The summed E-state index contributed by atoms with van der Waals surface area (Å²) in [6.45, 7) is 21.8. The minimum absolute atomic E-state index is 0.00283. The quantitative estimate of drug-likeness (QED) is 0.104. The van der Waals surface area contributed by atoms with Crippen molar-refractivity contribution in [2.75, 3.05) is 0 Å². The molecule has 5 atom stereocenters. The van der Waals surface area contributed by atoms with E-state index in [1.54, 1.807) is 54.5 Å². The molecular formula is C46H61N5O8. The van der Waals surface area contributed by atoms with E-state index in [0.29, 0.717) is 52.9 Å². The maximum atomic E-state index is 13.8. The number of aldehydes is 1. The van der Waals surface area contributed by atoms with Crippen LogP contribution < -0.4 is 5.32 Å². The van der Waals surface area contributed by atoms with Crippen LogP contribution in [0.5, 0.6) is 0 Å². The molecule has 318 valence electrons. The van der Waals surface area contributed by atoms with E-state index in [1.165, 1.54) is 0 Å². The maximum Gasteiger partial charge on any atom is 0.329 e. The summed E-state index contributed by atoms with van der Waals surface area (Å²) in [7, 11) is 0. The van der Waals surface area contributed by atoms with Crippen LogP contribution in [0.15, 0.2) is 12.1 Å². The Labute approximate surface area is 346 Å². The van der Waals surface area contributed by atoms with Crippen LogP contribution in [0.3, 0.4) is 0 Å². The lowest BCUT2D eigenvalue weighted by atomic mass is 9.80. The summed E-state index contributed by atoms with van der Waals surface area (Å²) in [5, 5.41) is 26.8. The van der Waals surface area contributed by atoms with Crippen LogP contribution in [0, 0.1) is 13.8 Å². The van der Waals surface area contributed by atoms with E-state index in [1.807, 2.05) is 40.7 Å². The first kappa shape index (κ1) is 43.7. The third kappa shape index (κ3) is 8.07. The largest absolute Gasteiger partial charge is 0.460 e. The van der Waals surface area contributed by atoms with Crippen molar-refractivity contribution in [1.82, 2.24) is 25.3 Å². The first-order chi connectivity index (χ1) is 27.4. The van der Waals surface area contributed by atoms with Crippen molar-refractivity contribution in [3.63, 3.8) is 0 Å². The van der Waals surface area contributed by atoms with Crippen LogP contribution in [0.2, 0.25) is 0 Å². The number of esters is 2. The monoisotopic (exact) mass is 811 g/mol. The molecule has 13 heteroatoms. The summed E-state index contributed by atoms with van der Waals surface area (Å²) >= 11 is 0. The summed E-state index contributed by atoms with van der Waals surface area (Å²) in [4.78, 5) is 70.4. The molecule has 13 nitrogen and oxygen atoms in total. The predicted octanol–water partition coefficient (Wildman–Crippen LogP) is 7.14. The number of fused-ring (bicyclic) bond motifs is 8. The van der Waals surface area contributed by atoms with Gasteiger partial charge in [-0.25, -0.2) is 4.79 Å². The number of carbonyl (C=O) groups excluding carboxylic acids is 4. The van der Waals surface area contributed by atoms with Crippen LogP contribution in [0.1, 0.15) is 168 Å². The Kier molecular flexibility index (Phi) is 11.6. The van der Waals surface area contributed by atoms with E-state index in [9.17, 15) is 29.4 Å². The topological polar surface area (TPSA) is 197 Å². The normalized spacial score (nSPS) is 21.9. The molecule has 1 aliphatic carbocycles. The molecule has 0 aromatic carbocycles. The molecule has 5 N–H and O–H groups in total. The molecule has 0 fully saturated rings. The lowest BCUT2D eigenvalue weighted by Gasteiger charge is -2.34. The molecule has 3 unspecified atom stereocenters. The zero-order valence-corrected chi connectivity index (χ0v) is 36.7. The van der Waals surface area contributed by atoms with Gasteiger partial charge in [0, 0.05) is 40.5 Å². The molecule has 0 spiro atoms. The Balaban J connectivity index is 1.50. The number of nitrogens with zero attached hydrogens (tertiary/aromatic N) is 2. The van der Waals surface area contributed by atoms with Gasteiger partial charge in [-0.1, -0.05) is 20.8 Å². The fraction of sp³-hybridized carbons (Fsp3) is 0.565. The zero-order valence-electron chi connectivity index (χ0n) is 36.7. The summed E-state index contributed by atoms with van der Waals surface area (Å²) in [5.41, 5.74) is 5.25. The number of nitrogens with one attached hydrogen (secondary N) is 3. The lowest BCUT2D eigenvalue weighted by Crippen LogP contribution is -2.46. The fourth-order valence-corrected chi connectivity index (χ4v) is 9.06. The Bertz CT molecular complexity index is 2380. The highest BCUT2D eigenvalue weighted by molar-refractivity contribution is 5.92. The van der Waals surface area contributed by atoms with Crippen molar-refractivity contribution in [2.24, 2.45) is 0 Å². The first-order valence-electron chi connectivity index (χ1n) is 20.9. The SMILES string of the molecule is CCc1c(C)c2[nH]c1cc1nc(cc3[nH]c4c(c5nc(c2C=O)[C@@H](C)[C@@H]5CCC(=O)NC(CC(=O)OC(C)(C)C)C(=O)OC(C)(C)C)CCc4c3C)C(O)(CC)C1(C)O. The van der Waals surface area contributed by atoms with Gasteiger partial charge in [-0.3, -0.25) is 24.4 Å². The maximum absolute atomic E-state index is 13.8. The zero-order chi connectivity index (χ0) is 43.6. The van der Waals surface area contributed by atoms with Crippen molar-refractivity contribution in [2.45, 2.75) is 168 Å². The molecule has 8 bridgehead atoms. The van der Waals surface area contributed by atoms with E-state index < -0.39 is 46.3 Å². The summed E-state index contributed by atoms with van der Waals surface area (Å²) in [6.07, 6.45) is 3.03. The third-order valence-corrected chi connectivity index (χ3v) is 12.3. The summed E-state index contributed by atoms with van der Waals surface area (Å²) in [5.74, 6) is -2.38. The predicted molar refractivity (Wildman–Crippen MR) is 225 cm³/mol. The number of aromatic nitrogens is 4. The van der Waals surface area contributed by atoms with Crippen molar-refractivity contribution in [3.8, 4) is 0 Å². The number of H-pyrrole nitrogens is 2. The fourth-order valence-electron chi connectivity index (χ4n) is 9.06. The second-order valence-electron chi connectivity index (χ2n) is 18.6. The van der Waals surface area contributed by atoms with Crippen LogP contribution in [-0.4, -0.2) is 71.5 Å². The van der Waals surface area contributed by atoms with Crippen molar-refractivity contribution in [3.05, 3.63) is 68.3 Å². The van der Waals surface area contributed by atoms with E-state index >= 15 is 0 Å². The van der Waals surface area contributed by atoms with Crippen molar-refractivity contribution < 1.29 is 38.9 Å². The second-order valence-corrected chi connectivity index (χ2v) is 18.6. The highest BCUT2D eigenvalue weighted by Crippen LogP contribution is 2.48. The smallest absolute Gasteiger partial charge is 0.329 e. The number of hydrogen-bond donors (Lipinski definition) is 5. The van der Waals surface area contributed by atoms with Crippen LogP contribution >= 0.6 is 0 Å². The molecule has 59 heavy (non-hydrogen) atoms. The highest BCUT2D eigenvalue weighted by Gasteiger charge is 2.53. The highest BCUT2D eigenvalue weighted by atomic mass is 16.6. The molecule has 3 aliphatic rings. The third-order valence-electron chi connectivity index (χ3n) is 12.3. The van der Waals surface area contributed by atoms with Crippen LogP contribution in [0.4, 0.5) is 0 Å². The average Bonchev–Trinajstić information content (AvgIpc) is 3.89. The number of carbonyl (C=O) groups is 4. The van der Waals surface area contributed by atoms with Gasteiger partial charge in [-0.15, -0.1) is 0 Å². The van der Waals surface area contributed by atoms with Crippen molar-refractivity contribution >= 4 is 46.2 Å². The molecule has 3 aromatic heterocycles. The van der Waals surface area contributed by atoms with Gasteiger partial charge in [-0.2, -0.15) is 0 Å². The van der Waals surface area contributed by atoms with E-state index in [2.05, 4.69) is 15.3 Å². The summed E-state index contributed by atoms with van der Waals surface area (Å²) < 4.78 is 11.1. The van der Waals surface area contributed by atoms with E-state index in [-0.39, 0.29) is 31.1 Å². The van der Waals surface area contributed by atoms with Gasteiger partial charge in [0.1, 0.15) is 28.4 Å². The number of ether oxygens (including phenoxy) is 2. The molecule has 0 radical (unpaired) electrons. The van der Waals surface area contributed by atoms with E-state index in [0.717, 1.165) is 57.3 Å². The number of amides is 1. The van der Waals surface area contributed by atoms with Crippen LogP contribution in [0.25, 0.3) is 22.1 Å². The van der Waals surface area contributed by atoms with Crippen LogP contribution in [-0.2, 0) is 54.3 Å². The van der Waals surface area contributed by atoms with Crippen molar-refractivity contribution in [1.29, 1.82) is 0 Å². The van der Waals surface area contributed by atoms with Gasteiger partial charge in [0.2, 0.25) is 5.91 Å². The average molecular weight is 812 g/mol. The number of rotatable bonds is 10. The van der Waals surface area contributed by atoms with Gasteiger partial charge in [0.25, 0.3) is 0 Å². The standard InChI is InChI=1S/C46H61N5O8/c1-13-26-24(4)38-30(22-52)39-25(5)28(17-18-36(53)47-33(42(55)59-44(9,10)11)21-37(54)58-43(6,7)8)41(51-39)29-16-15-27-23(3)31(48-40(27)29)19-35-46(57,14-2)45(12,56)34(50-35)20-32(26)49-38/h19-20,22,25,28,33,48-49,56-57H,13-18,21H2,1-12H3,(H,47,53)/t25-,28-,33?,45?,46?/m0/s1. The minimum atomic E-state index is -1.71. The molecular weight excluding hydrogens is 751 g/mol. The Morgan fingerprint density at radius 2 is 1.54 bits per heavy atom. The molecule has 2 aliphatic heterocycles. The van der Waals surface area contributed by atoms with Gasteiger partial charge in [0.05, 0.1) is 34.6 Å². The first-order valence-corrected chi connectivity index (χ1v) is 20.9.